The Kier molecular flexibility index (Phi) is 5.54. The van der Waals surface area contributed by atoms with Gasteiger partial charge >= 0.3 is 6.03 Å². The summed E-state index contributed by atoms with van der Waals surface area (Å²) in [4.78, 5) is 24.3. The van der Waals surface area contributed by atoms with Crippen LogP contribution in [0.25, 0.3) is 0 Å². The SMILES string of the molecule is Cc1cc([N+](=O)[O-])ccc1NC(=O)NC[C@@H](c1ccco1)N(C)C. The van der Waals surface area contributed by atoms with Crippen molar-refractivity contribution in [2.75, 3.05) is 26.0 Å². The number of likely N-dealkylation sites (N-methyl/N-ethyl adjacent to an activating group) is 1. The number of nitro groups is 1. The fraction of sp³-hybridized carbons (Fsp3) is 0.312. The van der Waals surface area contributed by atoms with Gasteiger partial charge in [0.1, 0.15) is 5.76 Å². The van der Waals surface area contributed by atoms with Gasteiger partial charge in [-0.3, -0.25) is 15.0 Å². The van der Waals surface area contributed by atoms with E-state index in [1.807, 2.05) is 25.1 Å². The highest BCUT2D eigenvalue weighted by Gasteiger charge is 2.18. The number of benzene rings is 1. The third-order valence-electron chi connectivity index (χ3n) is 3.62. The number of urea groups is 1. The van der Waals surface area contributed by atoms with Crippen molar-refractivity contribution < 1.29 is 14.1 Å². The summed E-state index contributed by atoms with van der Waals surface area (Å²) in [6, 6.07) is 7.46. The smallest absolute Gasteiger partial charge is 0.319 e. The number of aryl methyl sites for hydroxylation is 1. The summed E-state index contributed by atoms with van der Waals surface area (Å²) < 4.78 is 5.39. The predicted octanol–water partition coefficient (Wildman–Crippen LogP) is 2.92. The van der Waals surface area contributed by atoms with Gasteiger partial charge in [0.2, 0.25) is 0 Å². The Morgan fingerprint density at radius 3 is 2.67 bits per heavy atom. The second-order valence-electron chi connectivity index (χ2n) is 5.59. The largest absolute Gasteiger partial charge is 0.468 e. The minimum Gasteiger partial charge on any atom is -0.468 e. The van der Waals surface area contributed by atoms with E-state index in [2.05, 4.69) is 10.6 Å². The minimum absolute atomic E-state index is 0.0102. The van der Waals surface area contributed by atoms with E-state index < -0.39 is 4.92 Å². The topological polar surface area (TPSA) is 101 Å². The first kappa shape index (κ1) is 17.5. The molecule has 1 atom stereocenters. The molecular formula is C16H20N4O4. The standard InChI is InChI=1S/C16H20N4O4/c1-11-9-12(20(22)23)6-7-13(11)18-16(21)17-10-14(19(2)3)15-5-4-8-24-15/h4-9,14H,10H2,1-3H3,(H2,17,18,21)/t14-/m0/s1. The van der Waals surface area contributed by atoms with Gasteiger partial charge in [0.15, 0.2) is 0 Å². The first-order valence-electron chi connectivity index (χ1n) is 7.38. The lowest BCUT2D eigenvalue weighted by Crippen LogP contribution is -2.36. The van der Waals surface area contributed by atoms with E-state index in [9.17, 15) is 14.9 Å². The molecule has 2 N–H and O–H groups in total. The quantitative estimate of drug-likeness (QED) is 0.626. The van der Waals surface area contributed by atoms with Gasteiger partial charge in [-0.25, -0.2) is 4.79 Å². The fourth-order valence-electron chi connectivity index (χ4n) is 2.28. The van der Waals surface area contributed by atoms with Crippen LogP contribution in [0.1, 0.15) is 17.4 Å². The maximum atomic E-state index is 12.1. The molecule has 0 saturated carbocycles. The van der Waals surface area contributed by atoms with Crippen LogP contribution in [0.4, 0.5) is 16.2 Å². The summed E-state index contributed by atoms with van der Waals surface area (Å²) in [5, 5.41) is 16.2. The highest BCUT2D eigenvalue weighted by molar-refractivity contribution is 5.90. The molecule has 1 heterocycles. The van der Waals surface area contributed by atoms with Crippen molar-refractivity contribution in [2.24, 2.45) is 0 Å². The van der Waals surface area contributed by atoms with E-state index in [0.29, 0.717) is 17.8 Å². The molecule has 2 amide bonds. The molecule has 0 fully saturated rings. The Morgan fingerprint density at radius 2 is 2.12 bits per heavy atom. The van der Waals surface area contributed by atoms with Crippen LogP contribution in [0.5, 0.6) is 0 Å². The van der Waals surface area contributed by atoms with Gasteiger partial charge in [0.25, 0.3) is 5.69 Å². The van der Waals surface area contributed by atoms with Gasteiger partial charge in [-0.15, -0.1) is 0 Å². The number of rotatable bonds is 6. The van der Waals surface area contributed by atoms with Gasteiger partial charge in [-0.05, 0) is 44.8 Å². The average molecular weight is 332 g/mol. The number of nitrogens with zero attached hydrogens (tertiary/aromatic N) is 2. The minimum atomic E-state index is -0.470. The van der Waals surface area contributed by atoms with Crippen LogP contribution in [-0.2, 0) is 0 Å². The Bertz CT molecular complexity index is 713. The first-order chi connectivity index (χ1) is 11.4. The summed E-state index contributed by atoms with van der Waals surface area (Å²) in [6.07, 6.45) is 1.59. The van der Waals surface area contributed by atoms with Gasteiger partial charge in [0, 0.05) is 24.4 Å². The molecule has 2 aromatic rings. The Hall–Kier alpha value is -2.87. The molecule has 24 heavy (non-hydrogen) atoms. The lowest BCUT2D eigenvalue weighted by molar-refractivity contribution is -0.384. The normalized spacial score (nSPS) is 12.0. The Labute approximate surface area is 139 Å². The van der Waals surface area contributed by atoms with Crippen molar-refractivity contribution in [3.05, 3.63) is 58.0 Å². The summed E-state index contributed by atoms with van der Waals surface area (Å²) >= 11 is 0. The van der Waals surface area contributed by atoms with Crippen LogP contribution in [0.2, 0.25) is 0 Å². The molecule has 0 unspecified atom stereocenters. The van der Waals surface area contributed by atoms with Crippen LogP contribution in [0, 0.1) is 17.0 Å². The molecule has 0 aliphatic carbocycles. The number of hydrogen-bond acceptors (Lipinski definition) is 5. The number of nitrogens with one attached hydrogen (secondary N) is 2. The molecule has 2 rings (SSSR count). The zero-order valence-corrected chi connectivity index (χ0v) is 13.8. The van der Waals surface area contributed by atoms with E-state index >= 15 is 0 Å². The van der Waals surface area contributed by atoms with E-state index in [0.717, 1.165) is 5.76 Å². The van der Waals surface area contributed by atoms with Crippen LogP contribution < -0.4 is 10.6 Å². The highest BCUT2D eigenvalue weighted by Crippen LogP contribution is 2.21. The maximum Gasteiger partial charge on any atom is 0.319 e. The van der Waals surface area contributed by atoms with Crippen LogP contribution >= 0.6 is 0 Å². The number of nitro benzene ring substituents is 1. The lowest BCUT2D eigenvalue weighted by Gasteiger charge is -2.22. The van der Waals surface area contributed by atoms with Gasteiger partial charge in [0.05, 0.1) is 17.2 Å². The van der Waals surface area contributed by atoms with Crippen molar-refractivity contribution in [3.8, 4) is 0 Å². The number of anilines is 1. The van der Waals surface area contributed by atoms with Crippen LogP contribution in [-0.4, -0.2) is 36.5 Å². The molecule has 0 aliphatic heterocycles. The van der Waals surface area contributed by atoms with Crippen LogP contribution in [0.3, 0.4) is 0 Å². The maximum absolute atomic E-state index is 12.1. The highest BCUT2D eigenvalue weighted by atomic mass is 16.6. The fourth-order valence-corrected chi connectivity index (χ4v) is 2.28. The Balaban J connectivity index is 1.97. The number of furan rings is 1. The molecule has 1 aromatic carbocycles. The summed E-state index contributed by atoms with van der Waals surface area (Å²) in [6.45, 7) is 2.06. The second-order valence-corrected chi connectivity index (χ2v) is 5.59. The van der Waals surface area contributed by atoms with Crippen LogP contribution in [0.15, 0.2) is 41.0 Å². The second kappa shape index (κ2) is 7.60. The van der Waals surface area contributed by atoms with E-state index in [4.69, 9.17) is 4.42 Å². The predicted molar refractivity (Wildman–Crippen MR) is 90.0 cm³/mol. The van der Waals surface area contributed by atoms with E-state index in [-0.39, 0.29) is 17.8 Å². The van der Waals surface area contributed by atoms with Crippen molar-refractivity contribution in [1.82, 2.24) is 10.2 Å². The number of carbonyl (C=O) groups is 1. The summed E-state index contributed by atoms with van der Waals surface area (Å²) in [5.74, 6) is 0.756. The van der Waals surface area contributed by atoms with Gasteiger partial charge < -0.3 is 15.1 Å². The van der Waals surface area contributed by atoms with E-state index in [1.54, 1.807) is 19.3 Å². The molecule has 0 bridgehead atoms. The van der Waals surface area contributed by atoms with Gasteiger partial charge in [-0.2, -0.15) is 0 Å². The van der Waals surface area contributed by atoms with E-state index in [1.165, 1.54) is 18.2 Å². The van der Waals surface area contributed by atoms with Crippen molar-refractivity contribution in [2.45, 2.75) is 13.0 Å². The molecule has 0 saturated heterocycles. The van der Waals surface area contributed by atoms with Gasteiger partial charge in [-0.1, -0.05) is 0 Å². The number of non-ortho nitro benzene ring substituents is 1. The molecular weight excluding hydrogens is 312 g/mol. The molecule has 0 spiro atoms. The van der Waals surface area contributed by atoms with Crippen molar-refractivity contribution >= 4 is 17.4 Å². The molecule has 1 aromatic heterocycles. The zero-order chi connectivity index (χ0) is 17.7. The summed E-state index contributed by atoms with van der Waals surface area (Å²) in [7, 11) is 3.79. The Morgan fingerprint density at radius 1 is 1.38 bits per heavy atom. The molecule has 8 heteroatoms. The molecule has 8 nitrogen and oxygen atoms in total. The van der Waals surface area contributed by atoms with Crippen molar-refractivity contribution in [3.63, 3.8) is 0 Å². The first-order valence-corrected chi connectivity index (χ1v) is 7.38. The monoisotopic (exact) mass is 332 g/mol. The molecule has 128 valence electrons. The lowest BCUT2D eigenvalue weighted by atomic mass is 10.2. The number of carbonyl (C=O) groups excluding carboxylic acids is 1. The number of amides is 2. The molecule has 0 aliphatic rings. The summed E-state index contributed by atoms with van der Waals surface area (Å²) in [5.41, 5.74) is 1.14. The number of hydrogen-bond donors (Lipinski definition) is 2. The average Bonchev–Trinajstić information content (AvgIpc) is 3.03. The third-order valence-corrected chi connectivity index (χ3v) is 3.62. The third kappa shape index (κ3) is 4.32. The zero-order valence-electron chi connectivity index (χ0n) is 13.8. The molecule has 0 radical (unpaired) electrons. The van der Waals surface area contributed by atoms with Crippen molar-refractivity contribution in [1.29, 1.82) is 0 Å².